The van der Waals surface area contributed by atoms with Gasteiger partial charge in [0.25, 0.3) is 11.8 Å². The van der Waals surface area contributed by atoms with Crippen molar-refractivity contribution in [3.63, 3.8) is 0 Å². The van der Waals surface area contributed by atoms with Crippen LogP contribution < -0.4 is 10.6 Å². The van der Waals surface area contributed by atoms with Gasteiger partial charge in [-0.3, -0.25) is 24.1 Å². The molecule has 7 nitrogen and oxygen atoms in total. The summed E-state index contributed by atoms with van der Waals surface area (Å²) in [6, 6.07) is 10.1. The fourth-order valence-corrected chi connectivity index (χ4v) is 2.66. The van der Waals surface area contributed by atoms with Crippen molar-refractivity contribution < 1.29 is 23.6 Å². The molecular weight excluding hydrogens is 341 g/mol. The van der Waals surface area contributed by atoms with E-state index in [1.807, 2.05) is 0 Å². The van der Waals surface area contributed by atoms with Gasteiger partial charge in [-0.2, -0.15) is 0 Å². The van der Waals surface area contributed by atoms with E-state index in [1.165, 1.54) is 25.1 Å². The van der Waals surface area contributed by atoms with Crippen LogP contribution in [0.5, 0.6) is 0 Å². The molecule has 0 fully saturated rings. The maximum atomic E-state index is 13.8. The topological polar surface area (TPSA) is 95.6 Å². The van der Waals surface area contributed by atoms with E-state index in [9.17, 15) is 23.6 Å². The number of nitrogens with zero attached hydrogens (tertiary/aromatic N) is 1. The molecule has 0 atom stereocenters. The molecule has 0 saturated carbocycles. The molecule has 8 heteroatoms. The summed E-state index contributed by atoms with van der Waals surface area (Å²) < 4.78 is 13.8. The molecule has 4 amide bonds. The van der Waals surface area contributed by atoms with E-state index in [2.05, 4.69) is 10.6 Å². The van der Waals surface area contributed by atoms with Gasteiger partial charge < -0.3 is 10.6 Å². The molecule has 0 unspecified atom stereocenters. The fourth-order valence-electron chi connectivity index (χ4n) is 2.66. The van der Waals surface area contributed by atoms with Crippen LogP contribution in [0.2, 0.25) is 0 Å². The Morgan fingerprint density at radius 2 is 1.65 bits per heavy atom. The van der Waals surface area contributed by atoms with Crippen LogP contribution >= 0.6 is 0 Å². The monoisotopic (exact) mass is 355 g/mol. The van der Waals surface area contributed by atoms with Gasteiger partial charge in [0.05, 0.1) is 11.1 Å². The Balaban J connectivity index is 1.72. The predicted molar refractivity (Wildman–Crippen MR) is 91.1 cm³/mol. The van der Waals surface area contributed by atoms with Crippen molar-refractivity contribution in [3.05, 3.63) is 59.4 Å². The lowest BCUT2D eigenvalue weighted by atomic mass is 10.1. The molecule has 0 saturated heterocycles. The van der Waals surface area contributed by atoms with Gasteiger partial charge in [0.2, 0.25) is 11.8 Å². The minimum atomic E-state index is -0.842. The third-order valence-electron chi connectivity index (χ3n) is 3.72. The van der Waals surface area contributed by atoms with Gasteiger partial charge in [-0.05, 0) is 30.3 Å². The van der Waals surface area contributed by atoms with Gasteiger partial charge in [-0.25, -0.2) is 4.39 Å². The zero-order valence-electron chi connectivity index (χ0n) is 13.7. The van der Waals surface area contributed by atoms with Crippen LogP contribution in [-0.4, -0.2) is 35.1 Å². The molecular formula is C18H14FN3O4. The number of anilines is 2. The van der Waals surface area contributed by atoms with E-state index in [4.69, 9.17) is 0 Å². The number of benzene rings is 2. The minimum absolute atomic E-state index is 0.0598. The van der Waals surface area contributed by atoms with Gasteiger partial charge in [0, 0.05) is 18.3 Å². The van der Waals surface area contributed by atoms with Crippen LogP contribution in [0.3, 0.4) is 0 Å². The largest absolute Gasteiger partial charge is 0.326 e. The van der Waals surface area contributed by atoms with Gasteiger partial charge in [-0.15, -0.1) is 0 Å². The van der Waals surface area contributed by atoms with Crippen LogP contribution in [0.15, 0.2) is 42.5 Å². The van der Waals surface area contributed by atoms with E-state index in [0.29, 0.717) is 16.3 Å². The van der Waals surface area contributed by atoms with Crippen molar-refractivity contribution in [2.45, 2.75) is 6.92 Å². The first kappa shape index (κ1) is 17.3. The zero-order valence-corrected chi connectivity index (χ0v) is 13.7. The number of hydrogen-bond donors (Lipinski definition) is 2. The lowest BCUT2D eigenvalue weighted by Gasteiger charge is -2.14. The van der Waals surface area contributed by atoms with E-state index in [1.54, 1.807) is 18.2 Å². The second-order valence-corrected chi connectivity index (χ2v) is 5.67. The molecule has 0 aromatic heterocycles. The first-order chi connectivity index (χ1) is 12.4. The molecule has 1 aliphatic rings. The van der Waals surface area contributed by atoms with Gasteiger partial charge >= 0.3 is 0 Å². The number of amides is 4. The summed E-state index contributed by atoms with van der Waals surface area (Å²) in [7, 11) is 0. The van der Waals surface area contributed by atoms with E-state index < -0.39 is 30.1 Å². The Labute approximate surface area is 147 Å². The Morgan fingerprint density at radius 3 is 2.31 bits per heavy atom. The highest BCUT2D eigenvalue weighted by Gasteiger charge is 2.38. The first-order valence-corrected chi connectivity index (χ1v) is 7.69. The molecule has 26 heavy (non-hydrogen) atoms. The fraction of sp³-hybridized carbons (Fsp3) is 0.111. The van der Waals surface area contributed by atoms with E-state index in [0.717, 1.165) is 6.07 Å². The molecule has 2 aromatic rings. The Hall–Kier alpha value is -3.55. The molecule has 132 valence electrons. The highest BCUT2D eigenvalue weighted by molar-refractivity contribution is 6.22. The van der Waals surface area contributed by atoms with E-state index >= 15 is 0 Å². The number of halogens is 1. The number of nitrogens with one attached hydrogen (secondary N) is 2. The summed E-state index contributed by atoms with van der Waals surface area (Å²) in [5.41, 5.74) is 0.482. The summed E-state index contributed by atoms with van der Waals surface area (Å²) in [6.07, 6.45) is 0. The number of rotatable bonds is 4. The molecule has 0 spiro atoms. The summed E-state index contributed by atoms with van der Waals surface area (Å²) in [6.45, 7) is 0.808. The Morgan fingerprint density at radius 1 is 1.00 bits per heavy atom. The lowest BCUT2D eigenvalue weighted by molar-refractivity contribution is -0.116. The number of hydrogen-bond acceptors (Lipinski definition) is 4. The molecule has 0 radical (unpaired) electrons. The van der Waals surface area contributed by atoms with Crippen LogP contribution in [0.4, 0.5) is 15.8 Å². The van der Waals surface area contributed by atoms with E-state index in [-0.39, 0.29) is 17.0 Å². The van der Waals surface area contributed by atoms with Crippen molar-refractivity contribution in [1.29, 1.82) is 0 Å². The second-order valence-electron chi connectivity index (χ2n) is 5.67. The molecule has 2 N–H and O–H groups in total. The SMILES string of the molecule is CC(=O)Nc1cccc(NC(=O)CN2C(=O)c3cccc(F)c3C2=O)c1. The average molecular weight is 355 g/mol. The summed E-state index contributed by atoms with van der Waals surface area (Å²) in [5.74, 6) is -3.25. The average Bonchev–Trinajstić information content (AvgIpc) is 2.80. The number of fused-ring (bicyclic) bond motifs is 1. The summed E-state index contributed by atoms with van der Waals surface area (Å²) in [4.78, 5) is 48.4. The number of carbonyl (C=O) groups excluding carboxylic acids is 4. The van der Waals surface area contributed by atoms with Crippen molar-refractivity contribution >= 4 is 35.0 Å². The predicted octanol–water partition coefficient (Wildman–Crippen LogP) is 2.02. The van der Waals surface area contributed by atoms with Crippen LogP contribution in [0.1, 0.15) is 27.6 Å². The lowest BCUT2D eigenvalue weighted by Crippen LogP contribution is -2.37. The van der Waals surface area contributed by atoms with Crippen LogP contribution in [0, 0.1) is 5.82 Å². The third kappa shape index (κ3) is 3.30. The number of imide groups is 1. The molecule has 3 rings (SSSR count). The van der Waals surface area contributed by atoms with Crippen LogP contribution in [0.25, 0.3) is 0 Å². The van der Waals surface area contributed by atoms with Crippen molar-refractivity contribution in [1.82, 2.24) is 4.90 Å². The molecule has 1 aliphatic heterocycles. The standard InChI is InChI=1S/C18H14FN3O4/c1-10(23)20-11-4-2-5-12(8-11)21-15(24)9-22-17(25)13-6-3-7-14(19)16(13)18(22)26/h2-8H,9H2,1H3,(H,20,23)(H,21,24). The maximum Gasteiger partial charge on any atom is 0.265 e. The molecule has 1 heterocycles. The van der Waals surface area contributed by atoms with Gasteiger partial charge in [-0.1, -0.05) is 12.1 Å². The van der Waals surface area contributed by atoms with Gasteiger partial charge in [0.15, 0.2) is 0 Å². The highest BCUT2D eigenvalue weighted by atomic mass is 19.1. The number of carbonyl (C=O) groups is 4. The van der Waals surface area contributed by atoms with Crippen molar-refractivity contribution in [2.75, 3.05) is 17.2 Å². The molecule has 0 bridgehead atoms. The smallest absolute Gasteiger partial charge is 0.265 e. The van der Waals surface area contributed by atoms with Crippen LogP contribution in [-0.2, 0) is 9.59 Å². The summed E-state index contributed by atoms with van der Waals surface area (Å²) >= 11 is 0. The molecule has 2 aromatic carbocycles. The first-order valence-electron chi connectivity index (χ1n) is 7.69. The normalized spacial score (nSPS) is 12.8. The third-order valence-corrected chi connectivity index (χ3v) is 3.72. The maximum absolute atomic E-state index is 13.8. The summed E-state index contributed by atoms with van der Waals surface area (Å²) in [5, 5.41) is 5.11. The van der Waals surface area contributed by atoms with Gasteiger partial charge in [0.1, 0.15) is 12.4 Å². The van der Waals surface area contributed by atoms with Crippen molar-refractivity contribution in [2.24, 2.45) is 0 Å². The zero-order chi connectivity index (χ0) is 18.8. The Kier molecular flexibility index (Phi) is 4.49. The minimum Gasteiger partial charge on any atom is -0.326 e. The quantitative estimate of drug-likeness (QED) is 0.820. The Bertz CT molecular complexity index is 942. The highest BCUT2D eigenvalue weighted by Crippen LogP contribution is 2.25. The molecule has 0 aliphatic carbocycles. The second kappa shape index (κ2) is 6.75. The van der Waals surface area contributed by atoms with Crippen molar-refractivity contribution in [3.8, 4) is 0 Å².